The van der Waals surface area contributed by atoms with E-state index in [-0.39, 0.29) is 10.8 Å². The molecule has 0 nitrogen and oxygen atoms in total. The van der Waals surface area contributed by atoms with Crippen LogP contribution in [0.5, 0.6) is 0 Å². The molecule has 0 unspecified atom stereocenters. The molecule has 0 aliphatic heterocycles. The molecule has 0 radical (unpaired) electrons. The molecule has 0 amide bonds. The number of benzene rings is 4. The van der Waals surface area contributed by atoms with E-state index in [0.29, 0.717) is 0 Å². The molecule has 0 saturated heterocycles. The average molecular weight is 433 g/mol. The van der Waals surface area contributed by atoms with Gasteiger partial charge in [0.25, 0.3) is 0 Å². The smallest absolute Gasteiger partial charge is 0.0132 e. The van der Waals surface area contributed by atoms with E-state index in [9.17, 15) is 0 Å². The van der Waals surface area contributed by atoms with Crippen LogP contribution >= 0.6 is 0 Å². The Morgan fingerprint density at radius 2 is 0.788 bits per heavy atom. The summed E-state index contributed by atoms with van der Waals surface area (Å²) in [7, 11) is 0. The Balaban J connectivity index is 1.84. The maximum Gasteiger partial charge on any atom is -0.0132 e. The molecule has 0 fully saturated rings. The predicted molar refractivity (Wildman–Crippen MR) is 145 cm³/mol. The van der Waals surface area contributed by atoms with Crippen molar-refractivity contribution in [1.82, 2.24) is 0 Å². The SMILES string of the molecule is Cc1cccc(-c2cc(-c3ccc(C(C)(C)C)cc3)cc(-c3ccc(C(C)(C)C)cc3)c2)c1. The van der Waals surface area contributed by atoms with Crippen molar-refractivity contribution in [1.29, 1.82) is 0 Å². The van der Waals surface area contributed by atoms with Crippen molar-refractivity contribution >= 4 is 0 Å². The summed E-state index contributed by atoms with van der Waals surface area (Å²) in [5, 5.41) is 0. The van der Waals surface area contributed by atoms with E-state index >= 15 is 0 Å². The standard InChI is InChI=1S/C33H36/c1-23-9-8-10-26(19-23)29-21-27(24-11-15-30(16-12-24)32(2,3)4)20-28(22-29)25-13-17-31(18-14-25)33(5,6)7/h8-22H,1-7H3. The first kappa shape index (κ1) is 23.1. The molecular formula is C33H36. The zero-order chi connectivity index (χ0) is 23.8. The first-order valence-electron chi connectivity index (χ1n) is 11.9. The molecule has 0 saturated carbocycles. The number of hydrogen-bond donors (Lipinski definition) is 0. The largest absolute Gasteiger partial charge is 0.0614 e. The van der Waals surface area contributed by atoms with Crippen molar-refractivity contribution in [3.8, 4) is 33.4 Å². The lowest BCUT2D eigenvalue weighted by atomic mass is 9.85. The second kappa shape index (κ2) is 8.67. The van der Waals surface area contributed by atoms with Crippen LogP contribution in [0.1, 0.15) is 58.2 Å². The molecule has 4 aromatic carbocycles. The van der Waals surface area contributed by atoms with Crippen molar-refractivity contribution in [2.75, 3.05) is 0 Å². The van der Waals surface area contributed by atoms with Crippen LogP contribution in [0, 0.1) is 6.92 Å². The van der Waals surface area contributed by atoms with Crippen LogP contribution < -0.4 is 0 Å². The van der Waals surface area contributed by atoms with Gasteiger partial charge in [-0.25, -0.2) is 0 Å². The highest BCUT2D eigenvalue weighted by molar-refractivity contribution is 5.81. The maximum atomic E-state index is 2.33. The third-order valence-corrected chi connectivity index (χ3v) is 6.45. The van der Waals surface area contributed by atoms with E-state index in [4.69, 9.17) is 0 Å². The first-order chi connectivity index (χ1) is 15.5. The van der Waals surface area contributed by atoms with Crippen molar-refractivity contribution in [2.45, 2.75) is 59.3 Å². The molecule has 0 atom stereocenters. The van der Waals surface area contributed by atoms with Crippen LogP contribution in [-0.2, 0) is 10.8 Å². The van der Waals surface area contributed by atoms with Crippen molar-refractivity contribution in [2.24, 2.45) is 0 Å². The molecule has 0 heteroatoms. The molecule has 0 heterocycles. The summed E-state index contributed by atoms with van der Waals surface area (Å²) in [6.45, 7) is 15.7. The van der Waals surface area contributed by atoms with Crippen LogP contribution in [-0.4, -0.2) is 0 Å². The van der Waals surface area contributed by atoms with Crippen molar-refractivity contribution in [3.05, 3.63) is 108 Å². The fourth-order valence-corrected chi connectivity index (χ4v) is 4.28. The molecule has 0 spiro atoms. The molecule has 168 valence electrons. The van der Waals surface area contributed by atoms with E-state index < -0.39 is 0 Å². The van der Waals surface area contributed by atoms with Crippen LogP contribution in [0.15, 0.2) is 91.0 Å². The van der Waals surface area contributed by atoms with E-state index in [2.05, 4.69) is 139 Å². The fourth-order valence-electron chi connectivity index (χ4n) is 4.28. The van der Waals surface area contributed by atoms with Gasteiger partial charge in [-0.15, -0.1) is 0 Å². The molecule has 4 aromatic rings. The highest BCUT2D eigenvalue weighted by Gasteiger charge is 2.15. The lowest BCUT2D eigenvalue weighted by Gasteiger charge is -2.20. The quantitative estimate of drug-likeness (QED) is 0.302. The van der Waals surface area contributed by atoms with Gasteiger partial charge in [-0.05, 0) is 80.5 Å². The molecule has 0 aliphatic rings. The highest BCUT2D eigenvalue weighted by Crippen LogP contribution is 2.35. The first-order valence-corrected chi connectivity index (χ1v) is 11.9. The van der Waals surface area contributed by atoms with Gasteiger partial charge in [0, 0.05) is 0 Å². The summed E-state index contributed by atoms with van der Waals surface area (Å²) in [6.07, 6.45) is 0. The molecule has 0 aliphatic carbocycles. The zero-order valence-electron chi connectivity index (χ0n) is 21.2. The lowest BCUT2D eigenvalue weighted by Crippen LogP contribution is -2.10. The monoisotopic (exact) mass is 432 g/mol. The summed E-state index contributed by atoms with van der Waals surface area (Å²) >= 11 is 0. The van der Waals surface area contributed by atoms with E-state index in [0.717, 1.165) is 0 Å². The van der Waals surface area contributed by atoms with Crippen molar-refractivity contribution in [3.63, 3.8) is 0 Å². The van der Waals surface area contributed by atoms with Gasteiger partial charge >= 0.3 is 0 Å². The summed E-state index contributed by atoms with van der Waals surface area (Å²) in [5.41, 5.74) is 11.8. The average Bonchev–Trinajstić information content (AvgIpc) is 2.78. The molecular weight excluding hydrogens is 396 g/mol. The Morgan fingerprint density at radius 3 is 1.15 bits per heavy atom. The Kier molecular flexibility index (Phi) is 6.06. The van der Waals surface area contributed by atoms with Gasteiger partial charge in [-0.3, -0.25) is 0 Å². The van der Waals surface area contributed by atoms with Gasteiger partial charge in [0.2, 0.25) is 0 Å². The Bertz CT molecular complexity index is 1170. The third-order valence-electron chi connectivity index (χ3n) is 6.45. The summed E-state index contributed by atoms with van der Waals surface area (Å²) < 4.78 is 0. The molecule has 0 aromatic heterocycles. The highest BCUT2D eigenvalue weighted by atomic mass is 14.2. The second-order valence-electron chi connectivity index (χ2n) is 11.3. The van der Waals surface area contributed by atoms with E-state index in [1.54, 1.807) is 0 Å². The lowest BCUT2D eigenvalue weighted by molar-refractivity contribution is 0.590. The van der Waals surface area contributed by atoms with E-state index in [1.165, 1.54) is 50.1 Å². The number of aryl methyl sites for hydroxylation is 1. The van der Waals surface area contributed by atoms with Gasteiger partial charge in [0.05, 0.1) is 0 Å². The fraction of sp³-hybridized carbons (Fsp3) is 0.273. The summed E-state index contributed by atoms with van der Waals surface area (Å²) in [5.74, 6) is 0. The maximum absolute atomic E-state index is 2.33. The minimum atomic E-state index is 0.155. The summed E-state index contributed by atoms with van der Waals surface area (Å²) in [4.78, 5) is 0. The van der Waals surface area contributed by atoms with Gasteiger partial charge < -0.3 is 0 Å². The number of hydrogen-bond acceptors (Lipinski definition) is 0. The number of rotatable bonds is 3. The Hall–Kier alpha value is -3.12. The van der Waals surface area contributed by atoms with Gasteiger partial charge in [0.1, 0.15) is 0 Å². The van der Waals surface area contributed by atoms with Crippen LogP contribution in [0.4, 0.5) is 0 Å². The van der Waals surface area contributed by atoms with Crippen LogP contribution in [0.25, 0.3) is 33.4 Å². The second-order valence-corrected chi connectivity index (χ2v) is 11.3. The minimum absolute atomic E-state index is 0.155. The zero-order valence-corrected chi connectivity index (χ0v) is 21.2. The third kappa shape index (κ3) is 5.28. The molecule has 4 rings (SSSR count). The topological polar surface area (TPSA) is 0 Å². The summed E-state index contributed by atoms with van der Waals surface area (Å²) in [6, 6.07) is 33.9. The van der Waals surface area contributed by atoms with Gasteiger partial charge in [-0.1, -0.05) is 120 Å². The van der Waals surface area contributed by atoms with E-state index in [1.807, 2.05) is 0 Å². The van der Waals surface area contributed by atoms with Crippen molar-refractivity contribution < 1.29 is 0 Å². The van der Waals surface area contributed by atoms with Gasteiger partial charge in [0.15, 0.2) is 0 Å². The molecule has 33 heavy (non-hydrogen) atoms. The Morgan fingerprint density at radius 1 is 0.394 bits per heavy atom. The normalized spacial score (nSPS) is 12.1. The van der Waals surface area contributed by atoms with Crippen LogP contribution in [0.3, 0.4) is 0 Å². The van der Waals surface area contributed by atoms with Gasteiger partial charge in [-0.2, -0.15) is 0 Å². The van der Waals surface area contributed by atoms with Crippen LogP contribution in [0.2, 0.25) is 0 Å². The Labute approximate surface area is 200 Å². The molecule has 0 N–H and O–H groups in total. The molecule has 0 bridgehead atoms. The minimum Gasteiger partial charge on any atom is -0.0614 e. The predicted octanol–water partition coefficient (Wildman–Crippen LogP) is 9.59.